The van der Waals surface area contributed by atoms with Gasteiger partial charge in [0, 0.05) is 11.1 Å². The van der Waals surface area contributed by atoms with Crippen molar-refractivity contribution < 1.29 is 38.3 Å². The molecule has 0 radical (unpaired) electrons. The van der Waals surface area contributed by atoms with E-state index in [1.54, 1.807) is 13.8 Å². The Morgan fingerprint density at radius 3 is 2.30 bits per heavy atom. The van der Waals surface area contributed by atoms with E-state index in [-0.39, 0.29) is 44.8 Å². The monoisotopic (exact) mass is 498 g/mol. The second-order valence-corrected chi connectivity index (χ2v) is 7.70. The van der Waals surface area contributed by atoms with Crippen molar-refractivity contribution in [2.45, 2.75) is 20.8 Å². The number of anilines is 1. The van der Waals surface area contributed by atoms with Gasteiger partial charge in [-0.1, -0.05) is 11.6 Å². The van der Waals surface area contributed by atoms with Gasteiger partial charge in [0.15, 0.2) is 6.61 Å². The van der Waals surface area contributed by atoms with Crippen molar-refractivity contribution in [1.29, 1.82) is 0 Å². The molecule has 1 heterocycles. The summed E-state index contributed by atoms with van der Waals surface area (Å²) in [5.41, 5.74) is -0.731. The summed E-state index contributed by atoms with van der Waals surface area (Å²) < 4.78 is 14.8. The maximum Gasteiger partial charge on any atom is 0.348 e. The fraction of sp³-hybridized carbons (Fsp3) is 0.300. The number of nitrogens with zero attached hydrogens (tertiary/aromatic N) is 1. The summed E-state index contributed by atoms with van der Waals surface area (Å²) >= 11 is 6.52. The highest BCUT2D eigenvalue weighted by Crippen LogP contribution is 2.34. The normalized spacial score (nSPS) is 10.3. The standard InChI is InChI=1S/C20H19ClN2O9S/c1-4-30-19(26)15-10(3)16(20(27)31-5-2)33-17(15)22-14(24)9-32-18(25)12-7-6-11(21)8-13(12)23(28)29/h6-8H,4-5,9H2,1-3H3,(H,22,24). The van der Waals surface area contributed by atoms with Crippen molar-refractivity contribution in [3.63, 3.8) is 0 Å². The molecule has 0 saturated carbocycles. The Kier molecular flexibility index (Phi) is 8.88. The lowest BCUT2D eigenvalue weighted by molar-refractivity contribution is -0.385. The van der Waals surface area contributed by atoms with E-state index in [9.17, 15) is 29.3 Å². The average Bonchev–Trinajstić information content (AvgIpc) is 3.08. The van der Waals surface area contributed by atoms with Crippen molar-refractivity contribution >= 4 is 57.4 Å². The van der Waals surface area contributed by atoms with Crippen LogP contribution in [0.2, 0.25) is 5.02 Å². The molecule has 0 spiro atoms. The number of rotatable bonds is 9. The van der Waals surface area contributed by atoms with Crippen LogP contribution in [0.5, 0.6) is 0 Å². The third-order valence-corrected chi connectivity index (χ3v) is 5.47. The second kappa shape index (κ2) is 11.4. The number of thiophene rings is 1. The van der Waals surface area contributed by atoms with Gasteiger partial charge >= 0.3 is 17.9 Å². The lowest BCUT2D eigenvalue weighted by Gasteiger charge is -2.08. The smallest absolute Gasteiger partial charge is 0.348 e. The molecule has 0 atom stereocenters. The van der Waals surface area contributed by atoms with Crippen LogP contribution in [0.25, 0.3) is 0 Å². The quantitative estimate of drug-likeness (QED) is 0.235. The molecule has 0 aliphatic heterocycles. The highest BCUT2D eigenvalue weighted by molar-refractivity contribution is 7.18. The summed E-state index contributed by atoms with van der Waals surface area (Å²) in [5.74, 6) is -3.39. The summed E-state index contributed by atoms with van der Waals surface area (Å²) in [6.45, 7) is 4.08. The first-order valence-electron chi connectivity index (χ1n) is 9.49. The SMILES string of the molecule is CCOC(=O)c1sc(NC(=O)COC(=O)c2ccc(Cl)cc2[N+](=O)[O-])c(C(=O)OCC)c1C. The van der Waals surface area contributed by atoms with Gasteiger partial charge in [-0.25, -0.2) is 14.4 Å². The van der Waals surface area contributed by atoms with Gasteiger partial charge in [0.1, 0.15) is 15.4 Å². The van der Waals surface area contributed by atoms with Crippen molar-refractivity contribution in [3.8, 4) is 0 Å². The number of nitro benzene ring substituents is 1. The summed E-state index contributed by atoms with van der Waals surface area (Å²) in [5, 5.41) is 13.6. The predicted octanol–water partition coefficient (Wildman–Crippen LogP) is 3.77. The lowest BCUT2D eigenvalue weighted by atomic mass is 10.1. The Labute approximate surface area is 196 Å². The molecular formula is C20H19ClN2O9S. The second-order valence-electron chi connectivity index (χ2n) is 6.24. The van der Waals surface area contributed by atoms with Gasteiger partial charge in [-0.3, -0.25) is 14.9 Å². The van der Waals surface area contributed by atoms with Crippen LogP contribution in [-0.4, -0.2) is 48.6 Å². The zero-order valence-corrected chi connectivity index (χ0v) is 19.3. The number of carbonyl (C=O) groups is 4. The van der Waals surface area contributed by atoms with Gasteiger partial charge in [-0.2, -0.15) is 0 Å². The van der Waals surface area contributed by atoms with E-state index < -0.39 is 41.0 Å². The molecule has 0 fully saturated rings. The molecule has 11 nitrogen and oxygen atoms in total. The molecule has 0 aliphatic rings. The number of esters is 3. The topological polar surface area (TPSA) is 151 Å². The molecule has 176 valence electrons. The molecule has 1 N–H and O–H groups in total. The van der Waals surface area contributed by atoms with Gasteiger partial charge < -0.3 is 19.5 Å². The van der Waals surface area contributed by atoms with Crippen LogP contribution in [0.4, 0.5) is 10.7 Å². The van der Waals surface area contributed by atoms with Gasteiger partial charge in [-0.05, 0) is 38.5 Å². The fourth-order valence-corrected chi connectivity index (χ4v) is 3.91. The van der Waals surface area contributed by atoms with E-state index in [2.05, 4.69) is 5.32 Å². The minimum absolute atomic E-state index is 0.00697. The van der Waals surface area contributed by atoms with Crippen molar-refractivity contribution in [3.05, 3.63) is 54.9 Å². The zero-order chi connectivity index (χ0) is 24.7. The molecule has 13 heteroatoms. The number of nitrogens with one attached hydrogen (secondary N) is 1. The van der Waals surface area contributed by atoms with Crippen LogP contribution in [0, 0.1) is 17.0 Å². The van der Waals surface area contributed by atoms with E-state index in [0.29, 0.717) is 0 Å². The number of ether oxygens (including phenoxy) is 3. The van der Waals surface area contributed by atoms with Gasteiger partial charge in [-0.15, -0.1) is 11.3 Å². The van der Waals surface area contributed by atoms with Crippen molar-refractivity contribution in [2.24, 2.45) is 0 Å². The fourth-order valence-electron chi connectivity index (χ4n) is 2.64. The average molecular weight is 499 g/mol. The Morgan fingerprint density at radius 1 is 1.06 bits per heavy atom. The molecule has 0 unspecified atom stereocenters. The van der Waals surface area contributed by atoms with E-state index in [1.807, 2.05) is 0 Å². The van der Waals surface area contributed by atoms with Gasteiger partial charge in [0.25, 0.3) is 11.6 Å². The lowest BCUT2D eigenvalue weighted by Crippen LogP contribution is -2.22. The number of carbonyl (C=O) groups excluding carboxylic acids is 4. The molecule has 0 bridgehead atoms. The first kappa shape index (κ1) is 25.7. The van der Waals surface area contributed by atoms with Crippen LogP contribution in [0.1, 0.15) is 49.8 Å². The number of halogens is 1. The number of amides is 1. The first-order valence-corrected chi connectivity index (χ1v) is 10.7. The van der Waals surface area contributed by atoms with Crippen LogP contribution in [0.15, 0.2) is 18.2 Å². The maximum atomic E-state index is 12.4. The molecule has 1 amide bonds. The Bertz CT molecular complexity index is 1110. The highest BCUT2D eigenvalue weighted by Gasteiger charge is 2.28. The van der Waals surface area contributed by atoms with E-state index in [4.69, 9.17) is 25.8 Å². The van der Waals surface area contributed by atoms with E-state index >= 15 is 0 Å². The number of benzene rings is 1. The van der Waals surface area contributed by atoms with Crippen molar-refractivity contribution in [1.82, 2.24) is 0 Å². The number of hydrogen-bond acceptors (Lipinski definition) is 10. The Morgan fingerprint density at radius 2 is 1.70 bits per heavy atom. The third kappa shape index (κ3) is 6.26. The Balaban J connectivity index is 2.20. The molecule has 0 saturated heterocycles. The van der Waals surface area contributed by atoms with Crippen LogP contribution in [0.3, 0.4) is 0 Å². The molecule has 2 rings (SSSR count). The zero-order valence-electron chi connectivity index (χ0n) is 17.8. The Hall–Kier alpha value is -3.51. The summed E-state index contributed by atoms with van der Waals surface area (Å²) in [7, 11) is 0. The minimum atomic E-state index is -1.12. The first-order chi connectivity index (χ1) is 15.6. The maximum absolute atomic E-state index is 12.4. The van der Waals surface area contributed by atoms with Crippen LogP contribution >= 0.6 is 22.9 Å². The summed E-state index contributed by atoms with van der Waals surface area (Å²) in [4.78, 5) is 59.6. The highest BCUT2D eigenvalue weighted by atomic mass is 35.5. The van der Waals surface area contributed by atoms with Gasteiger partial charge in [0.2, 0.25) is 0 Å². The van der Waals surface area contributed by atoms with Gasteiger partial charge in [0.05, 0.1) is 23.7 Å². The van der Waals surface area contributed by atoms with Crippen molar-refractivity contribution in [2.75, 3.05) is 25.1 Å². The number of nitro groups is 1. The number of hydrogen-bond donors (Lipinski definition) is 1. The van der Waals surface area contributed by atoms with Crippen LogP contribution < -0.4 is 5.32 Å². The molecule has 0 aliphatic carbocycles. The predicted molar refractivity (Wildman–Crippen MR) is 118 cm³/mol. The molecule has 33 heavy (non-hydrogen) atoms. The molecule has 1 aromatic carbocycles. The summed E-state index contributed by atoms with van der Waals surface area (Å²) in [6, 6.07) is 3.35. The van der Waals surface area contributed by atoms with Crippen LogP contribution in [-0.2, 0) is 19.0 Å². The summed E-state index contributed by atoms with van der Waals surface area (Å²) in [6.07, 6.45) is 0. The van der Waals surface area contributed by atoms with E-state index in [0.717, 1.165) is 23.5 Å². The minimum Gasteiger partial charge on any atom is -0.462 e. The molecular weight excluding hydrogens is 480 g/mol. The third-order valence-electron chi connectivity index (χ3n) is 4.05. The van der Waals surface area contributed by atoms with E-state index in [1.165, 1.54) is 13.0 Å². The molecule has 2 aromatic rings. The largest absolute Gasteiger partial charge is 0.462 e. The molecule has 1 aromatic heterocycles.